The molecule has 0 saturated heterocycles. The number of pyridine rings is 1. The highest BCUT2D eigenvalue weighted by Crippen LogP contribution is 2.24. The Morgan fingerprint density at radius 1 is 1.30 bits per heavy atom. The average Bonchev–Trinajstić information content (AvgIpc) is 2.84. The molecule has 0 aliphatic heterocycles. The van der Waals surface area contributed by atoms with E-state index in [4.69, 9.17) is 4.74 Å². The van der Waals surface area contributed by atoms with Crippen LogP contribution in [0.15, 0.2) is 28.1 Å². The van der Waals surface area contributed by atoms with Crippen LogP contribution < -0.4 is 10.1 Å². The number of rotatable bonds is 7. The van der Waals surface area contributed by atoms with Gasteiger partial charge in [0.25, 0.3) is 0 Å². The maximum absolute atomic E-state index is 5.91. The predicted octanol–water partition coefficient (Wildman–Crippen LogP) is 4.29. The number of hydrogen-bond donors (Lipinski definition) is 1. The van der Waals surface area contributed by atoms with Crippen LogP contribution in [0.2, 0.25) is 0 Å². The van der Waals surface area contributed by atoms with E-state index in [0.717, 1.165) is 40.4 Å². The highest BCUT2D eigenvalue weighted by molar-refractivity contribution is 9.11. The third kappa shape index (κ3) is 4.58. The van der Waals surface area contributed by atoms with Crippen molar-refractivity contribution in [3.63, 3.8) is 0 Å². The molecule has 2 rings (SSSR count). The molecule has 0 amide bonds. The van der Waals surface area contributed by atoms with Gasteiger partial charge in [0.05, 0.1) is 9.48 Å². The Morgan fingerprint density at radius 2 is 2.15 bits per heavy atom. The molecule has 0 fully saturated rings. The summed E-state index contributed by atoms with van der Waals surface area (Å²) in [6, 6.07) is 8.11. The van der Waals surface area contributed by atoms with Crippen molar-refractivity contribution in [1.82, 2.24) is 10.3 Å². The van der Waals surface area contributed by atoms with Crippen molar-refractivity contribution in [3.8, 4) is 5.75 Å². The summed E-state index contributed by atoms with van der Waals surface area (Å²) in [5, 5.41) is 3.37. The number of aromatic nitrogens is 1. The molecule has 2 aromatic rings. The quantitative estimate of drug-likeness (QED) is 0.753. The second-order valence-electron chi connectivity index (χ2n) is 4.57. The highest BCUT2D eigenvalue weighted by atomic mass is 79.9. The number of nitrogens with one attached hydrogen (secondary N) is 1. The second kappa shape index (κ2) is 7.76. The third-order valence-corrected chi connectivity index (χ3v) is 4.39. The summed E-state index contributed by atoms with van der Waals surface area (Å²) in [6.07, 6.45) is 1.12. The van der Waals surface area contributed by atoms with Gasteiger partial charge in [0.1, 0.15) is 12.4 Å². The van der Waals surface area contributed by atoms with Gasteiger partial charge in [-0.15, -0.1) is 11.3 Å². The van der Waals surface area contributed by atoms with Crippen molar-refractivity contribution in [3.05, 3.63) is 44.3 Å². The molecule has 108 valence electrons. The number of aryl methyl sites for hydroxylation is 1. The van der Waals surface area contributed by atoms with Crippen molar-refractivity contribution in [2.45, 2.75) is 33.4 Å². The number of halogens is 1. The van der Waals surface area contributed by atoms with Gasteiger partial charge in [0.15, 0.2) is 0 Å². The van der Waals surface area contributed by atoms with E-state index in [1.807, 2.05) is 25.1 Å². The van der Waals surface area contributed by atoms with E-state index in [9.17, 15) is 0 Å². The minimum atomic E-state index is 0.585. The van der Waals surface area contributed by atoms with Crippen LogP contribution in [0.4, 0.5) is 0 Å². The minimum absolute atomic E-state index is 0.585. The summed E-state index contributed by atoms with van der Waals surface area (Å²) in [4.78, 5) is 5.77. The largest absolute Gasteiger partial charge is 0.486 e. The monoisotopic (exact) mass is 354 g/mol. The molecule has 20 heavy (non-hydrogen) atoms. The number of hydrogen-bond acceptors (Lipinski definition) is 4. The topological polar surface area (TPSA) is 34.2 Å². The molecule has 3 nitrogen and oxygen atoms in total. The molecule has 0 aliphatic rings. The van der Waals surface area contributed by atoms with E-state index < -0.39 is 0 Å². The van der Waals surface area contributed by atoms with Gasteiger partial charge in [0.2, 0.25) is 0 Å². The normalized spacial score (nSPS) is 10.8. The molecule has 1 N–H and O–H groups in total. The van der Waals surface area contributed by atoms with E-state index in [-0.39, 0.29) is 0 Å². The third-order valence-electron chi connectivity index (χ3n) is 2.79. The van der Waals surface area contributed by atoms with Gasteiger partial charge in [-0.2, -0.15) is 0 Å². The molecule has 0 unspecified atom stereocenters. The molecule has 5 heteroatoms. The zero-order chi connectivity index (χ0) is 14.4. The van der Waals surface area contributed by atoms with Gasteiger partial charge in [-0.25, -0.2) is 0 Å². The van der Waals surface area contributed by atoms with E-state index in [2.05, 4.69) is 39.2 Å². The summed E-state index contributed by atoms with van der Waals surface area (Å²) < 4.78 is 7.04. The van der Waals surface area contributed by atoms with Crippen LogP contribution in [0.1, 0.15) is 29.6 Å². The van der Waals surface area contributed by atoms with Gasteiger partial charge in [0, 0.05) is 17.1 Å². The first-order valence-corrected chi connectivity index (χ1v) is 8.34. The Morgan fingerprint density at radius 3 is 2.85 bits per heavy atom. The molecular weight excluding hydrogens is 336 g/mol. The summed E-state index contributed by atoms with van der Waals surface area (Å²) in [7, 11) is 0. The van der Waals surface area contributed by atoms with Crippen molar-refractivity contribution in [2.75, 3.05) is 6.54 Å². The van der Waals surface area contributed by atoms with Gasteiger partial charge in [-0.3, -0.25) is 4.98 Å². The fourth-order valence-electron chi connectivity index (χ4n) is 1.82. The summed E-state index contributed by atoms with van der Waals surface area (Å²) in [6.45, 7) is 6.49. The Bertz CT molecular complexity index is 557. The van der Waals surface area contributed by atoms with E-state index in [1.165, 1.54) is 4.88 Å². The van der Waals surface area contributed by atoms with Crippen LogP contribution in [-0.4, -0.2) is 11.5 Å². The lowest BCUT2D eigenvalue weighted by molar-refractivity contribution is 0.303. The Balaban J connectivity index is 2.01. The van der Waals surface area contributed by atoms with Crippen molar-refractivity contribution < 1.29 is 4.74 Å². The standard InChI is InChI=1S/C15H19BrN2OS/c1-3-8-17-9-13-14(6-4-11(2)18-13)19-10-12-5-7-15(16)20-12/h4-7,17H,3,8-10H2,1-2H3. The van der Waals surface area contributed by atoms with Gasteiger partial charge < -0.3 is 10.1 Å². The Kier molecular flexibility index (Phi) is 6.01. The SMILES string of the molecule is CCCNCc1nc(C)ccc1OCc1ccc(Br)s1. The van der Waals surface area contributed by atoms with Crippen LogP contribution in [0.25, 0.3) is 0 Å². The molecule has 2 heterocycles. The van der Waals surface area contributed by atoms with Crippen LogP contribution in [0.5, 0.6) is 5.75 Å². The molecule has 0 saturated carbocycles. The maximum Gasteiger partial charge on any atom is 0.142 e. The lowest BCUT2D eigenvalue weighted by atomic mass is 10.2. The lowest BCUT2D eigenvalue weighted by Crippen LogP contribution is -2.16. The summed E-state index contributed by atoms with van der Waals surface area (Å²) in [5.41, 5.74) is 2.00. The molecule has 0 radical (unpaired) electrons. The maximum atomic E-state index is 5.91. The number of thiophene rings is 1. The number of ether oxygens (including phenoxy) is 1. The molecule has 2 aromatic heterocycles. The highest BCUT2D eigenvalue weighted by Gasteiger charge is 2.07. The predicted molar refractivity (Wildman–Crippen MR) is 87.3 cm³/mol. The number of nitrogens with zero attached hydrogens (tertiary/aromatic N) is 1. The summed E-state index contributed by atoms with van der Waals surface area (Å²) in [5.74, 6) is 0.865. The first kappa shape index (κ1) is 15.5. The van der Waals surface area contributed by atoms with Crippen molar-refractivity contribution >= 4 is 27.3 Å². The van der Waals surface area contributed by atoms with E-state index in [0.29, 0.717) is 6.61 Å². The summed E-state index contributed by atoms with van der Waals surface area (Å²) >= 11 is 5.16. The fraction of sp³-hybridized carbons (Fsp3) is 0.400. The molecule has 0 bridgehead atoms. The Labute approximate surface area is 132 Å². The zero-order valence-corrected chi connectivity index (χ0v) is 14.2. The lowest BCUT2D eigenvalue weighted by Gasteiger charge is -2.11. The zero-order valence-electron chi connectivity index (χ0n) is 11.8. The first-order chi connectivity index (χ1) is 9.69. The molecule has 0 aromatic carbocycles. The minimum Gasteiger partial charge on any atom is -0.486 e. The van der Waals surface area contributed by atoms with Crippen LogP contribution in [-0.2, 0) is 13.2 Å². The van der Waals surface area contributed by atoms with Crippen LogP contribution in [0, 0.1) is 6.92 Å². The first-order valence-electron chi connectivity index (χ1n) is 6.73. The van der Waals surface area contributed by atoms with Crippen molar-refractivity contribution in [2.24, 2.45) is 0 Å². The average molecular weight is 355 g/mol. The van der Waals surface area contributed by atoms with E-state index >= 15 is 0 Å². The molecular formula is C15H19BrN2OS. The van der Waals surface area contributed by atoms with Crippen LogP contribution >= 0.6 is 27.3 Å². The van der Waals surface area contributed by atoms with Gasteiger partial charge >= 0.3 is 0 Å². The molecule has 0 atom stereocenters. The second-order valence-corrected chi connectivity index (χ2v) is 7.12. The fourth-order valence-corrected chi connectivity index (χ4v) is 3.21. The van der Waals surface area contributed by atoms with Gasteiger partial charge in [-0.1, -0.05) is 6.92 Å². The van der Waals surface area contributed by atoms with E-state index in [1.54, 1.807) is 11.3 Å². The van der Waals surface area contributed by atoms with Crippen LogP contribution in [0.3, 0.4) is 0 Å². The Hall–Kier alpha value is -0.910. The van der Waals surface area contributed by atoms with Crippen molar-refractivity contribution in [1.29, 1.82) is 0 Å². The molecule has 0 aliphatic carbocycles. The van der Waals surface area contributed by atoms with Gasteiger partial charge in [-0.05, 0) is 60.1 Å². The molecule has 0 spiro atoms. The smallest absolute Gasteiger partial charge is 0.142 e.